The fourth-order valence-electron chi connectivity index (χ4n) is 1.84. The molecule has 1 aliphatic rings. The summed E-state index contributed by atoms with van der Waals surface area (Å²) in [6.07, 6.45) is 1.77. The largest absolute Gasteiger partial charge is 0.444 e. The van der Waals surface area contributed by atoms with E-state index in [0.717, 1.165) is 19.4 Å². The highest BCUT2D eigenvalue weighted by Gasteiger charge is 2.28. The van der Waals surface area contributed by atoms with E-state index in [4.69, 9.17) is 11.3 Å². The second kappa shape index (κ2) is 5.20. The average Bonchev–Trinajstić information content (AvgIpc) is 2.16. The van der Waals surface area contributed by atoms with Gasteiger partial charge in [-0.05, 0) is 33.6 Å². The van der Waals surface area contributed by atoms with E-state index in [0.29, 0.717) is 19.0 Å². The highest BCUT2D eigenvalue weighted by Crippen LogP contribution is 2.19. The fourth-order valence-corrected chi connectivity index (χ4v) is 1.84. The Morgan fingerprint density at radius 3 is 2.81 bits per heavy atom. The number of hydrogen-bond acceptors (Lipinski definition) is 2. The Balaban J connectivity index is 2.48. The standard InChI is InChI=1S/C12H20N2O2/c1-12(2,3)16-11(15)14-7-5-6-10(9-14)8-13-4/h10H,5-9H2,1-3H3. The van der Waals surface area contributed by atoms with Crippen molar-refractivity contribution in [3.05, 3.63) is 11.4 Å². The lowest BCUT2D eigenvalue weighted by atomic mass is 9.99. The van der Waals surface area contributed by atoms with Gasteiger partial charge in [0, 0.05) is 19.0 Å². The molecule has 1 amide bonds. The first kappa shape index (κ1) is 12.8. The van der Waals surface area contributed by atoms with Gasteiger partial charge in [0.05, 0.1) is 0 Å². The van der Waals surface area contributed by atoms with Crippen LogP contribution in [0, 0.1) is 12.5 Å². The molecule has 1 rings (SSSR count). The molecule has 16 heavy (non-hydrogen) atoms. The van der Waals surface area contributed by atoms with E-state index in [1.165, 1.54) is 0 Å². The zero-order chi connectivity index (χ0) is 12.2. The van der Waals surface area contributed by atoms with Gasteiger partial charge in [-0.15, -0.1) is 0 Å². The predicted molar refractivity (Wildman–Crippen MR) is 62.0 cm³/mol. The smallest absolute Gasteiger partial charge is 0.410 e. The van der Waals surface area contributed by atoms with Crippen LogP contribution in [0.15, 0.2) is 0 Å². The van der Waals surface area contributed by atoms with Crippen LogP contribution in [0.5, 0.6) is 0 Å². The number of ether oxygens (including phenoxy) is 1. The van der Waals surface area contributed by atoms with Crippen molar-refractivity contribution in [3.63, 3.8) is 0 Å². The fraction of sp³-hybridized carbons (Fsp3) is 0.833. The Morgan fingerprint density at radius 1 is 1.56 bits per heavy atom. The lowest BCUT2D eigenvalue weighted by molar-refractivity contribution is 0.0173. The van der Waals surface area contributed by atoms with Crippen LogP contribution in [0.2, 0.25) is 0 Å². The van der Waals surface area contributed by atoms with Gasteiger partial charge in [0.1, 0.15) is 5.60 Å². The van der Waals surface area contributed by atoms with Crippen molar-refractivity contribution in [3.8, 4) is 0 Å². The number of nitrogens with zero attached hydrogens (tertiary/aromatic N) is 2. The number of carbonyl (C=O) groups is 1. The summed E-state index contributed by atoms with van der Waals surface area (Å²) in [6.45, 7) is 14.4. The summed E-state index contributed by atoms with van der Waals surface area (Å²) in [7, 11) is 0. The summed E-state index contributed by atoms with van der Waals surface area (Å²) in [5.41, 5.74) is -0.441. The van der Waals surface area contributed by atoms with Crippen molar-refractivity contribution >= 4 is 6.09 Å². The third-order valence-electron chi connectivity index (χ3n) is 2.52. The van der Waals surface area contributed by atoms with Gasteiger partial charge in [0.2, 0.25) is 6.54 Å². The van der Waals surface area contributed by atoms with E-state index in [1.807, 2.05) is 20.8 Å². The van der Waals surface area contributed by atoms with E-state index in [1.54, 1.807) is 4.90 Å². The summed E-state index contributed by atoms with van der Waals surface area (Å²) in [5.74, 6) is 0.318. The Hall–Kier alpha value is -1.24. The van der Waals surface area contributed by atoms with Gasteiger partial charge < -0.3 is 14.5 Å². The van der Waals surface area contributed by atoms with Gasteiger partial charge >= 0.3 is 6.09 Å². The third kappa shape index (κ3) is 4.09. The van der Waals surface area contributed by atoms with E-state index in [9.17, 15) is 4.79 Å². The summed E-state index contributed by atoms with van der Waals surface area (Å²) in [4.78, 5) is 16.9. The van der Waals surface area contributed by atoms with Crippen molar-refractivity contribution in [1.29, 1.82) is 0 Å². The van der Waals surface area contributed by atoms with Gasteiger partial charge in [-0.3, -0.25) is 0 Å². The van der Waals surface area contributed by atoms with Gasteiger partial charge in [0.15, 0.2) is 0 Å². The Bertz CT molecular complexity index is 288. The first-order chi connectivity index (χ1) is 7.42. The zero-order valence-electron chi connectivity index (χ0n) is 10.3. The van der Waals surface area contributed by atoms with Crippen LogP contribution in [-0.2, 0) is 4.74 Å². The Morgan fingerprint density at radius 2 is 2.25 bits per heavy atom. The summed E-state index contributed by atoms with van der Waals surface area (Å²) >= 11 is 0. The second-order valence-corrected chi connectivity index (χ2v) is 5.28. The minimum atomic E-state index is -0.441. The molecule has 0 bridgehead atoms. The molecular formula is C12H20N2O2. The first-order valence-electron chi connectivity index (χ1n) is 5.73. The maximum absolute atomic E-state index is 11.8. The van der Waals surface area contributed by atoms with Gasteiger partial charge in [-0.1, -0.05) is 0 Å². The molecule has 1 heterocycles. The summed E-state index contributed by atoms with van der Waals surface area (Å²) in [5, 5.41) is 0. The molecule has 0 N–H and O–H groups in total. The molecule has 0 aromatic rings. The van der Waals surface area contributed by atoms with E-state index in [-0.39, 0.29) is 6.09 Å². The van der Waals surface area contributed by atoms with Crippen LogP contribution >= 0.6 is 0 Å². The molecule has 0 saturated carbocycles. The second-order valence-electron chi connectivity index (χ2n) is 5.28. The topological polar surface area (TPSA) is 33.9 Å². The highest BCUT2D eigenvalue weighted by atomic mass is 16.6. The third-order valence-corrected chi connectivity index (χ3v) is 2.52. The monoisotopic (exact) mass is 224 g/mol. The number of carbonyl (C=O) groups excluding carboxylic acids is 1. The maximum Gasteiger partial charge on any atom is 0.410 e. The highest BCUT2D eigenvalue weighted by molar-refractivity contribution is 5.68. The Labute approximate surface area is 97.4 Å². The van der Waals surface area contributed by atoms with Crippen LogP contribution in [-0.4, -0.2) is 36.2 Å². The van der Waals surface area contributed by atoms with E-state index >= 15 is 0 Å². The first-order valence-corrected chi connectivity index (χ1v) is 5.73. The van der Waals surface area contributed by atoms with Crippen LogP contribution in [0.25, 0.3) is 4.85 Å². The van der Waals surface area contributed by atoms with Crippen molar-refractivity contribution in [2.75, 3.05) is 19.6 Å². The molecule has 1 unspecified atom stereocenters. The quantitative estimate of drug-likeness (QED) is 0.641. The lowest BCUT2D eigenvalue weighted by Gasteiger charge is -2.32. The number of hydrogen-bond donors (Lipinski definition) is 0. The molecule has 1 atom stereocenters. The number of rotatable bonds is 1. The number of amides is 1. The van der Waals surface area contributed by atoms with Crippen molar-refractivity contribution < 1.29 is 9.53 Å². The minimum Gasteiger partial charge on any atom is -0.444 e. The molecule has 1 fully saturated rings. The van der Waals surface area contributed by atoms with Crippen LogP contribution in [0.1, 0.15) is 33.6 Å². The number of likely N-dealkylation sites (tertiary alicyclic amines) is 1. The van der Waals surface area contributed by atoms with Gasteiger partial charge in [-0.25, -0.2) is 11.4 Å². The normalized spacial score (nSPS) is 21.4. The molecule has 4 nitrogen and oxygen atoms in total. The SMILES string of the molecule is [C-]#[N+]CC1CCCN(C(=O)OC(C)(C)C)C1. The van der Waals surface area contributed by atoms with Gasteiger partial charge in [0.25, 0.3) is 0 Å². The maximum atomic E-state index is 11.8. The molecule has 0 spiro atoms. The van der Waals surface area contributed by atoms with Crippen LogP contribution in [0.4, 0.5) is 4.79 Å². The molecule has 1 aliphatic heterocycles. The summed E-state index contributed by atoms with van der Waals surface area (Å²) < 4.78 is 5.31. The van der Waals surface area contributed by atoms with Crippen LogP contribution < -0.4 is 0 Å². The molecule has 4 heteroatoms. The molecule has 90 valence electrons. The molecular weight excluding hydrogens is 204 g/mol. The molecule has 0 aromatic carbocycles. The van der Waals surface area contributed by atoms with Crippen molar-refractivity contribution in [1.82, 2.24) is 4.90 Å². The minimum absolute atomic E-state index is 0.248. The Kier molecular flexibility index (Phi) is 4.17. The van der Waals surface area contributed by atoms with Crippen molar-refractivity contribution in [2.24, 2.45) is 5.92 Å². The zero-order valence-corrected chi connectivity index (χ0v) is 10.3. The van der Waals surface area contributed by atoms with Gasteiger partial charge in [-0.2, -0.15) is 0 Å². The van der Waals surface area contributed by atoms with Crippen molar-refractivity contribution in [2.45, 2.75) is 39.2 Å². The molecule has 1 saturated heterocycles. The summed E-state index contributed by atoms with van der Waals surface area (Å²) in [6, 6.07) is 0. The molecule has 0 aromatic heterocycles. The number of piperidine rings is 1. The molecule has 0 aliphatic carbocycles. The lowest BCUT2D eigenvalue weighted by Crippen LogP contribution is -2.43. The molecule has 0 radical (unpaired) electrons. The predicted octanol–water partition coefficient (Wildman–Crippen LogP) is 2.55. The van der Waals surface area contributed by atoms with E-state index in [2.05, 4.69) is 4.85 Å². The average molecular weight is 224 g/mol. The van der Waals surface area contributed by atoms with E-state index < -0.39 is 5.60 Å². The van der Waals surface area contributed by atoms with Crippen LogP contribution in [0.3, 0.4) is 0 Å².